The Morgan fingerprint density at radius 1 is 1.06 bits per heavy atom. The van der Waals surface area contributed by atoms with Gasteiger partial charge in [-0.3, -0.25) is 4.79 Å². The van der Waals surface area contributed by atoms with Gasteiger partial charge in [-0.25, -0.2) is 12.8 Å². The lowest BCUT2D eigenvalue weighted by Gasteiger charge is -2.26. The van der Waals surface area contributed by atoms with Gasteiger partial charge < -0.3 is 14.5 Å². The number of fused-ring (bicyclic) bond motifs is 2. The third-order valence-electron chi connectivity index (χ3n) is 6.15. The van der Waals surface area contributed by atoms with Crippen LogP contribution < -0.4 is 10.5 Å². The molecule has 0 spiro atoms. The van der Waals surface area contributed by atoms with Gasteiger partial charge in [-0.05, 0) is 47.4 Å². The molecule has 0 fully saturated rings. The summed E-state index contributed by atoms with van der Waals surface area (Å²) in [4.78, 5) is 18.1. The van der Waals surface area contributed by atoms with E-state index >= 15 is 0 Å². The highest BCUT2D eigenvalue weighted by atomic mass is 32.2. The molecule has 2 aromatic carbocycles. The second kappa shape index (κ2) is 7.88. The number of benzene rings is 2. The Balaban J connectivity index is 1.65. The molecule has 6 nitrogen and oxygen atoms in total. The fourth-order valence-corrected chi connectivity index (χ4v) is 5.42. The molecule has 0 unspecified atom stereocenters. The number of aryl methyl sites for hydroxylation is 1. The maximum absolute atomic E-state index is 13.3. The van der Waals surface area contributed by atoms with Gasteiger partial charge >= 0.3 is 0 Å². The average molecular weight is 466 g/mol. The highest BCUT2D eigenvalue weighted by molar-refractivity contribution is 7.89. The number of halogens is 1. The van der Waals surface area contributed by atoms with Crippen molar-refractivity contribution in [1.82, 2.24) is 9.55 Å². The standard InChI is InChI=1S/C25H24FN3O3S/c1-28-14-21-20-11-17(15-33(2,31)32)5-8-22(20)29(10-9-16-3-6-19(26)7-4-16)13-18-12-27-24(23(18)21)25(28)30/h3-8,11-12,14,27H,9-10,13,15H2,1-2H3. The van der Waals surface area contributed by atoms with Crippen LogP contribution in [-0.4, -0.2) is 30.8 Å². The number of hydrogen-bond acceptors (Lipinski definition) is 4. The molecule has 0 saturated heterocycles. The smallest absolute Gasteiger partial charge is 0.274 e. The zero-order valence-electron chi connectivity index (χ0n) is 18.4. The van der Waals surface area contributed by atoms with Crippen LogP contribution in [0.25, 0.3) is 22.0 Å². The van der Waals surface area contributed by atoms with Crippen LogP contribution in [0.2, 0.25) is 0 Å². The van der Waals surface area contributed by atoms with Crippen molar-refractivity contribution in [2.75, 3.05) is 17.7 Å². The Bertz CT molecular complexity index is 1540. The van der Waals surface area contributed by atoms with Gasteiger partial charge in [0.15, 0.2) is 9.84 Å². The summed E-state index contributed by atoms with van der Waals surface area (Å²) in [6.45, 7) is 1.28. The number of pyridine rings is 1. The lowest BCUT2D eigenvalue weighted by Crippen LogP contribution is -2.25. The lowest BCUT2D eigenvalue weighted by atomic mass is 9.99. The first kappa shape index (κ1) is 21.5. The van der Waals surface area contributed by atoms with E-state index in [4.69, 9.17) is 0 Å². The molecule has 0 aliphatic carbocycles. The van der Waals surface area contributed by atoms with Gasteiger partial charge in [0, 0.05) is 61.0 Å². The number of nitrogens with one attached hydrogen (secondary N) is 1. The largest absolute Gasteiger partial charge is 0.366 e. The van der Waals surface area contributed by atoms with Crippen LogP contribution in [0.1, 0.15) is 16.7 Å². The second-order valence-corrected chi connectivity index (χ2v) is 10.9. The van der Waals surface area contributed by atoms with Crippen molar-refractivity contribution in [3.63, 3.8) is 0 Å². The molecule has 0 bridgehead atoms. The first-order valence-electron chi connectivity index (χ1n) is 10.7. The number of anilines is 1. The van der Waals surface area contributed by atoms with Crippen LogP contribution in [0.15, 0.2) is 59.7 Å². The maximum atomic E-state index is 13.3. The van der Waals surface area contributed by atoms with E-state index in [2.05, 4.69) is 9.88 Å². The minimum absolute atomic E-state index is 0.0508. The van der Waals surface area contributed by atoms with E-state index in [1.165, 1.54) is 18.4 Å². The van der Waals surface area contributed by atoms with Gasteiger partial charge in [0.1, 0.15) is 11.3 Å². The highest BCUT2D eigenvalue weighted by Gasteiger charge is 2.25. The van der Waals surface area contributed by atoms with Crippen LogP contribution in [0.5, 0.6) is 0 Å². The monoisotopic (exact) mass is 465 g/mol. The Hall–Kier alpha value is -3.39. The zero-order valence-corrected chi connectivity index (χ0v) is 19.2. The Morgan fingerprint density at radius 3 is 2.52 bits per heavy atom. The topological polar surface area (TPSA) is 75.2 Å². The molecule has 3 heterocycles. The Kier molecular flexibility index (Phi) is 5.12. The number of aromatic amines is 1. The third kappa shape index (κ3) is 4.06. The summed E-state index contributed by atoms with van der Waals surface area (Å²) in [5, 5.41) is 0.875. The van der Waals surface area contributed by atoms with E-state index in [0.29, 0.717) is 24.2 Å². The molecule has 4 aromatic rings. The van der Waals surface area contributed by atoms with Crippen LogP contribution in [0, 0.1) is 5.82 Å². The van der Waals surface area contributed by atoms with Gasteiger partial charge in [0.05, 0.1) is 5.75 Å². The SMILES string of the molecule is Cn1cc2c3c(c[nH]c3c1=O)CN(CCc1ccc(F)cc1)c1ccc(CS(C)(=O)=O)cc1-2. The molecular formula is C25H24FN3O3S. The number of hydrogen-bond donors (Lipinski definition) is 1. The van der Waals surface area contributed by atoms with Crippen molar-refractivity contribution in [1.29, 1.82) is 0 Å². The zero-order chi connectivity index (χ0) is 23.3. The van der Waals surface area contributed by atoms with E-state index in [1.54, 1.807) is 23.7 Å². The number of rotatable bonds is 5. The Labute approximate surface area is 191 Å². The first-order chi connectivity index (χ1) is 15.7. The summed E-state index contributed by atoms with van der Waals surface area (Å²) in [6.07, 6.45) is 5.65. The average Bonchev–Trinajstić information content (AvgIpc) is 3.12. The van der Waals surface area contributed by atoms with Gasteiger partial charge in [-0.2, -0.15) is 0 Å². The molecule has 0 amide bonds. The van der Waals surface area contributed by atoms with Gasteiger partial charge in [0.25, 0.3) is 5.56 Å². The van der Waals surface area contributed by atoms with Crippen LogP contribution >= 0.6 is 0 Å². The molecule has 33 heavy (non-hydrogen) atoms. The molecule has 5 rings (SSSR count). The molecule has 1 N–H and O–H groups in total. The van der Waals surface area contributed by atoms with Crippen molar-refractivity contribution >= 4 is 26.4 Å². The summed E-state index contributed by atoms with van der Waals surface area (Å²) < 4.78 is 38.8. The molecular weight excluding hydrogens is 441 g/mol. The van der Waals surface area contributed by atoms with E-state index in [0.717, 1.165) is 39.7 Å². The molecule has 0 saturated carbocycles. The minimum Gasteiger partial charge on any atom is -0.366 e. The maximum Gasteiger partial charge on any atom is 0.274 e. The van der Waals surface area contributed by atoms with Crippen molar-refractivity contribution in [3.8, 4) is 11.1 Å². The second-order valence-electron chi connectivity index (χ2n) is 8.74. The predicted octanol–water partition coefficient (Wildman–Crippen LogP) is 3.78. The van der Waals surface area contributed by atoms with E-state index < -0.39 is 9.84 Å². The lowest BCUT2D eigenvalue weighted by molar-refractivity contribution is 0.601. The summed E-state index contributed by atoms with van der Waals surface area (Å²) in [5.74, 6) is -0.311. The molecule has 0 radical (unpaired) electrons. The minimum atomic E-state index is -3.20. The molecule has 0 atom stereocenters. The molecule has 1 aliphatic heterocycles. The fourth-order valence-electron chi connectivity index (χ4n) is 4.64. The predicted molar refractivity (Wildman–Crippen MR) is 129 cm³/mol. The van der Waals surface area contributed by atoms with E-state index in [9.17, 15) is 17.6 Å². The third-order valence-corrected chi connectivity index (χ3v) is 7.01. The molecule has 1 aliphatic rings. The number of aromatic nitrogens is 2. The summed E-state index contributed by atoms with van der Waals surface area (Å²) >= 11 is 0. The van der Waals surface area contributed by atoms with Gasteiger partial charge in [-0.15, -0.1) is 0 Å². The number of nitrogens with zero attached hydrogens (tertiary/aromatic N) is 2. The molecule has 170 valence electrons. The van der Waals surface area contributed by atoms with Crippen LogP contribution in [0.4, 0.5) is 10.1 Å². The molecule has 2 aromatic heterocycles. The van der Waals surface area contributed by atoms with Crippen LogP contribution in [0.3, 0.4) is 0 Å². The quantitative estimate of drug-likeness (QED) is 0.487. The highest BCUT2D eigenvalue weighted by Crippen LogP contribution is 2.41. The number of sulfone groups is 1. The summed E-state index contributed by atoms with van der Waals surface area (Å²) in [5.41, 5.74) is 5.96. The normalized spacial score (nSPS) is 13.2. The van der Waals surface area contributed by atoms with Crippen LogP contribution in [-0.2, 0) is 35.6 Å². The van der Waals surface area contributed by atoms with Gasteiger partial charge in [0.2, 0.25) is 0 Å². The first-order valence-corrected chi connectivity index (χ1v) is 12.8. The Morgan fingerprint density at radius 2 is 1.79 bits per heavy atom. The number of H-pyrrole nitrogens is 1. The van der Waals surface area contributed by atoms with E-state index in [-0.39, 0.29) is 17.1 Å². The fraction of sp³-hybridized carbons (Fsp3) is 0.240. The summed E-state index contributed by atoms with van der Waals surface area (Å²) in [6, 6.07) is 12.2. The van der Waals surface area contributed by atoms with Gasteiger partial charge in [-0.1, -0.05) is 18.2 Å². The summed E-state index contributed by atoms with van der Waals surface area (Å²) in [7, 11) is -1.48. The molecule has 8 heteroatoms. The van der Waals surface area contributed by atoms with Crippen molar-refractivity contribution in [3.05, 3.63) is 87.7 Å². The van der Waals surface area contributed by atoms with E-state index in [1.807, 2.05) is 30.6 Å². The van der Waals surface area contributed by atoms with Crippen molar-refractivity contribution < 1.29 is 12.8 Å². The van der Waals surface area contributed by atoms with Crippen molar-refractivity contribution in [2.45, 2.75) is 18.7 Å². The van der Waals surface area contributed by atoms with Crippen molar-refractivity contribution in [2.24, 2.45) is 7.05 Å².